The molecule has 4 nitrogen and oxygen atoms in total. The number of aliphatic hydroxyl groups is 1. The molecule has 1 aromatic carbocycles. The predicted molar refractivity (Wildman–Crippen MR) is 64.6 cm³/mol. The molecular weight excluding hydrogens is 227 g/mol. The molecule has 0 heterocycles. The molecule has 0 atom stereocenters. The van der Waals surface area contributed by atoms with Crippen LogP contribution >= 0.6 is 7.14 Å². The topological polar surface area (TPSA) is 55.8 Å². The van der Waals surface area contributed by atoms with Gasteiger partial charge in [-0.3, -0.25) is 0 Å². The summed E-state index contributed by atoms with van der Waals surface area (Å²) >= 11 is 0. The van der Waals surface area contributed by atoms with Gasteiger partial charge in [-0.05, 0) is 31.0 Å². The maximum atomic E-state index is 12.1. The molecule has 0 saturated heterocycles. The third-order valence-corrected chi connectivity index (χ3v) is 3.77. The first kappa shape index (κ1) is 13.1. The lowest BCUT2D eigenvalue weighted by molar-refractivity contribution is 0.280. The fraction of sp³-hybridized carbons (Fsp3) is 0.455. The van der Waals surface area contributed by atoms with Gasteiger partial charge in [0, 0.05) is 0 Å². The van der Waals surface area contributed by atoms with Gasteiger partial charge >= 0.3 is 0 Å². The molecule has 0 saturated carbocycles. The van der Waals surface area contributed by atoms with Gasteiger partial charge < -0.3 is 19.1 Å². The Morgan fingerprint density at radius 1 is 1.25 bits per heavy atom. The minimum Gasteiger partial charge on any atom is -0.493 e. The molecule has 0 radical (unpaired) electrons. The van der Waals surface area contributed by atoms with E-state index in [1.807, 2.05) is 0 Å². The van der Waals surface area contributed by atoms with Crippen LogP contribution < -0.4 is 14.8 Å². The van der Waals surface area contributed by atoms with Crippen LogP contribution in [0.5, 0.6) is 11.5 Å². The molecule has 1 N–H and O–H groups in total. The van der Waals surface area contributed by atoms with E-state index in [9.17, 15) is 4.57 Å². The molecular formula is C11H17O4P. The monoisotopic (exact) mass is 244 g/mol. The van der Waals surface area contributed by atoms with Gasteiger partial charge in [-0.25, -0.2) is 0 Å². The van der Waals surface area contributed by atoms with Gasteiger partial charge in [0.05, 0.1) is 26.1 Å². The highest BCUT2D eigenvalue weighted by Crippen LogP contribution is 2.42. The number of benzene rings is 1. The van der Waals surface area contributed by atoms with E-state index in [4.69, 9.17) is 14.6 Å². The minimum atomic E-state index is -2.47. The molecule has 1 aromatic rings. The molecule has 0 aliphatic heterocycles. The number of ether oxygens (including phenoxy) is 2. The molecule has 0 aromatic heterocycles. The third kappa shape index (κ3) is 2.57. The summed E-state index contributed by atoms with van der Waals surface area (Å²) in [5, 5.41) is 9.72. The van der Waals surface area contributed by atoms with Crippen molar-refractivity contribution in [2.75, 3.05) is 27.5 Å². The maximum absolute atomic E-state index is 12.1. The van der Waals surface area contributed by atoms with Crippen molar-refractivity contribution in [2.24, 2.45) is 0 Å². The van der Waals surface area contributed by atoms with E-state index in [2.05, 4.69) is 0 Å². The highest BCUT2D eigenvalue weighted by Gasteiger charge is 2.21. The van der Waals surface area contributed by atoms with Crippen LogP contribution in [-0.2, 0) is 11.2 Å². The van der Waals surface area contributed by atoms with E-state index in [1.165, 1.54) is 14.2 Å². The van der Waals surface area contributed by atoms with E-state index in [0.29, 0.717) is 22.4 Å². The Kier molecular flexibility index (Phi) is 4.00. The Labute approximate surface area is 95.6 Å². The van der Waals surface area contributed by atoms with Crippen LogP contribution in [0.25, 0.3) is 0 Å². The van der Waals surface area contributed by atoms with Crippen molar-refractivity contribution in [3.8, 4) is 11.5 Å². The van der Waals surface area contributed by atoms with Gasteiger partial charge in [0.2, 0.25) is 0 Å². The smallest absolute Gasteiger partial charge is 0.171 e. The molecule has 1 rings (SSSR count). The first-order chi connectivity index (χ1) is 7.43. The first-order valence-corrected chi connectivity index (χ1v) is 7.45. The Morgan fingerprint density at radius 2 is 1.88 bits per heavy atom. The average Bonchev–Trinajstić information content (AvgIpc) is 2.25. The van der Waals surface area contributed by atoms with Crippen molar-refractivity contribution in [3.63, 3.8) is 0 Å². The molecule has 0 fully saturated rings. The second-order valence-corrected chi connectivity index (χ2v) is 7.04. The summed E-state index contributed by atoms with van der Waals surface area (Å²) in [5.41, 5.74) is 0.663. The Morgan fingerprint density at radius 3 is 2.25 bits per heavy atom. The minimum absolute atomic E-state index is 0.118. The summed E-state index contributed by atoms with van der Waals surface area (Å²) in [4.78, 5) is 0. The lowest BCUT2D eigenvalue weighted by Gasteiger charge is -2.17. The predicted octanol–water partition coefficient (Wildman–Crippen LogP) is 1.44. The van der Waals surface area contributed by atoms with Gasteiger partial charge in [0.15, 0.2) is 11.5 Å². The summed E-state index contributed by atoms with van der Waals surface area (Å²) in [7, 11) is 0.554. The van der Waals surface area contributed by atoms with Crippen molar-refractivity contribution < 1.29 is 19.1 Å². The zero-order chi connectivity index (χ0) is 12.3. The summed E-state index contributed by atoms with van der Waals surface area (Å²) < 4.78 is 22.5. The Balaban J connectivity index is 3.50. The molecule has 0 amide bonds. The largest absolute Gasteiger partial charge is 0.493 e. The number of hydrogen-bond acceptors (Lipinski definition) is 4. The third-order valence-electron chi connectivity index (χ3n) is 2.28. The molecule has 0 spiro atoms. The molecule has 0 aliphatic carbocycles. The fourth-order valence-corrected chi connectivity index (χ4v) is 2.66. The van der Waals surface area contributed by atoms with Crippen LogP contribution in [0, 0.1) is 0 Å². The Bertz CT molecular complexity index is 422. The van der Waals surface area contributed by atoms with Crippen molar-refractivity contribution in [1.29, 1.82) is 0 Å². The summed E-state index contributed by atoms with van der Waals surface area (Å²) in [6.07, 6.45) is 0. The molecule has 90 valence electrons. The summed E-state index contributed by atoms with van der Waals surface area (Å²) in [6, 6.07) is 3.38. The van der Waals surface area contributed by atoms with E-state index < -0.39 is 7.14 Å². The van der Waals surface area contributed by atoms with E-state index in [0.717, 1.165) is 0 Å². The number of rotatable bonds is 4. The van der Waals surface area contributed by atoms with Gasteiger partial charge in [0.25, 0.3) is 0 Å². The van der Waals surface area contributed by atoms with Crippen LogP contribution in [0.3, 0.4) is 0 Å². The second kappa shape index (κ2) is 4.89. The lowest BCUT2D eigenvalue weighted by atomic mass is 10.2. The number of methoxy groups -OCH3 is 2. The van der Waals surface area contributed by atoms with Crippen LogP contribution in [-0.4, -0.2) is 32.7 Å². The van der Waals surface area contributed by atoms with E-state index in [1.54, 1.807) is 25.5 Å². The summed E-state index contributed by atoms with van der Waals surface area (Å²) in [6.45, 7) is 3.20. The SMILES string of the molecule is COc1cc(CO)cc(P(C)(C)=O)c1OC. The highest BCUT2D eigenvalue weighted by molar-refractivity contribution is 7.70. The fourth-order valence-electron chi connectivity index (χ4n) is 1.49. The normalized spacial score (nSPS) is 11.3. The first-order valence-electron chi connectivity index (χ1n) is 4.85. The lowest BCUT2D eigenvalue weighted by Crippen LogP contribution is -2.10. The zero-order valence-corrected chi connectivity index (χ0v) is 10.9. The maximum Gasteiger partial charge on any atom is 0.171 e. The molecule has 0 unspecified atom stereocenters. The van der Waals surface area contributed by atoms with E-state index in [-0.39, 0.29) is 6.61 Å². The molecule has 16 heavy (non-hydrogen) atoms. The van der Waals surface area contributed by atoms with Gasteiger partial charge in [0.1, 0.15) is 7.14 Å². The quantitative estimate of drug-likeness (QED) is 0.814. The van der Waals surface area contributed by atoms with Crippen LogP contribution in [0.15, 0.2) is 12.1 Å². The Hall–Kier alpha value is -0.990. The highest BCUT2D eigenvalue weighted by atomic mass is 31.2. The number of aliphatic hydroxyl groups excluding tert-OH is 1. The molecule has 0 bridgehead atoms. The van der Waals surface area contributed by atoms with Crippen molar-refractivity contribution in [3.05, 3.63) is 17.7 Å². The van der Waals surface area contributed by atoms with Gasteiger partial charge in [-0.2, -0.15) is 0 Å². The van der Waals surface area contributed by atoms with E-state index >= 15 is 0 Å². The van der Waals surface area contributed by atoms with Crippen LogP contribution in [0.1, 0.15) is 5.56 Å². The summed E-state index contributed by atoms with van der Waals surface area (Å²) in [5.74, 6) is 0.973. The zero-order valence-electron chi connectivity index (χ0n) is 9.98. The standard InChI is InChI=1S/C11H17O4P/c1-14-9-5-8(7-12)6-10(11(9)15-2)16(3,4)13/h5-6,12H,7H2,1-4H3. The van der Waals surface area contributed by atoms with Crippen LogP contribution in [0.2, 0.25) is 0 Å². The van der Waals surface area contributed by atoms with Crippen molar-refractivity contribution in [1.82, 2.24) is 0 Å². The van der Waals surface area contributed by atoms with Crippen molar-refractivity contribution in [2.45, 2.75) is 6.61 Å². The van der Waals surface area contributed by atoms with Crippen LogP contribution in [0.4, 0.5) is 0 Å². The molecule has 5 heteroatoms. The van der Waals surface area contributed by atoms with Gasteiger partial charge in [-0.1, -0.05) is 0 Å². The van der Waals surface area contributed by atoms with Gasteiger partial charge in [-0.15, -0.1) is 0 Å². The average molecular weight is 244 g/mol. The molecule has 0 aliphatic rings. The van der Waals surface area contributed by atoms with Crippen molar-refractivity contribution >= 4 is 12.4 Å². The number of hydrogen-bond donors (Lipinski definition) is 1. The second-order valence-electron chi connectivity index (χ2n) is 3.86.